The molecule has 1 aromatic heterocycles. The van der Waals surface area contributed by atoms with Crippen molar-refractivity contribution in [2.75, 3.05) is 5.32 Å². The van der Waals surface area contributed by atoms with E-state index in [1.165, 1.54) is 4.68 Å². The standard InChI is InChI=1S/C10H9N5O/c1-6-2-3-8-7(4-6)5-15-9(10(16)11-8)12-13-14-15/h2-4H,5H2,1H3,(H,11,16). The van der Waals surface area contributed by atoms with E-state index in [-0.39, 0.29) is 11.7 Å². The lowest BCUT2D eigenvalue weighted by atomic mass is 10.1. The minimum Gasteiger partial charge on any atom is -0.319 e. The van der Waals surface area contributed by atoms with Gasteiger partial charge in [-0.15, -0.1) is 5.10 Å². The fraction of sp³-hybridized carbons (Fsp3) is 0.200. The molecule has 0 saturated carbocycles. The Hall–Kier alpha value is -2.24. The van der Waals surface area contributed by atoms with Gasteiger partial charge in [-0.25, -0.2) is 4.68 Å². The number of tetrazole rings is 1. The number of hydrogen-bond donors (Lipinski definition) is 1. The smallest absolute Gasteiger partial charge is 0.295 e. The number of carbonyl (C=O) groups is 1. The average Bonchev–Trinajstić information content (AvgIpc) is 2.65. The van der Waals surface area contributed by atoms with Crippen molar-refractivity contribution < 1.29 is 4.79 Å². The van der Waals surface area contributed by atoms with Gasteiger partial charge < -0.3 is 5.32 Å². The topological polar surface area (TPSA) is 72.7 Å². The maximum Gasteiger partial charge on any atom is 0.295 e. The molecule has 0 fully saturated rings. The highest BCUT2D eigenvalue weighted by atomic mass is 16.2. The molecule has 2 aromatic rings. The van der Waals surface area contributed by atoms with E-state index in [1.54, 1.807) is 0 Å². The third-order valence-electron chi connectivity index (χ3n) is 2.56. The van der Waals surface area contributed by atoms with Crippen molar-refractivity contribution >= 4 is 11.6 Å². The number of anilines is 1. The van der Waals surface area contributed by atoms with Crippen LogP contribution >= 0.6 is 0 Å². The van der Waals surface area contributed by atoms with Gasteiger partial charge in [0.2, 0.25) is 5.82 Å². The van der Waals surface area contributed by atoms with Gasteiger partial charge in [-0.1, -0.05) is 17.7 Å². The molecule has 0 spiro atoms. The minimum absolute atomic E-state index is 0.244. The van der Waals surface area contributed by atoms with Gasteiger partial charge in [0.25, 0.3) is 5.91 Å². The summed E-state index contributed by atoms with van der Waals surface area (Å²) >= 11 is 0. The summed E-state index contributed by atoms with van der Waals surface area (Å²) in [6, 6.07) is 5.87. The summed E-state index contributed by atoms with van der Waals surface area (Å²) < 4.78 is 1.50. The maximum atomic E-state index is 11.7. The third-order valence-corrected chi connectivity index (χ3v) is 2.56. The predicted molar refractivity (Wildman–Crippen MR) is 56.1 cm³/mol. The molecule has 0 radical (unpaired) electrons. The first-order valence-electron chi connectivity index (χ1n) is 4.91. The molecule has 2 heterocycles. The van der Waals surface area contributed by atoms with E-state index in [0.29, 0.717) is 6.54 Å². The van der Waals surface area contributed by atoms with Gasteiger partial charge in [-0.3, -0.25) is 4.79 Å². The molecular formula is C10H9N5O. The molecule has 6 heteroatoms. The highest BCUT2D eigenvalue weighted by molar-refractivity contribution is 6.02. The Labute approximate surface area is 91.3 Å². The van der Waals surface area contributed by atoms with Crippen LogP contribution in [-0.2, 0) is 6.54 Å². The zero-order valence-corrected chi connectivity index (χ0v) is 8.64. The highest BCUT2D eigenvalue weighted by Crippen LogP contribution is 2.21. The number of aromatic nitrogens is 4. The lowest BCUT2D eigenvalue weighted by Gasteiger charge is -2.06. The Balaban J connectivity index is 2.17. The summed E-state index contributed by atoms with van der Waals surface area (Å²) in [4.78, 5) is 11.7. The van der Waals surface area contributed by atoms with Crippen molar-refractivity contribution in [3.63, 3.8) is 0 Å². The molecule has 0 bridgehead atoms. The van der Waals surface area contributed by atoms with Crippen LogP contribution in [0.15, 0.2) is 18.2 Å². The zero-order chi connectivity index (χ0) is 11.1. The normalized spacial score (nSPS) is 13.7. The first-order chi connectivity index (χ1) is 7.74. The second-order valence-electron chi connectivity index (χ2n) is 3.77. The molecule has 1 aliphatic heterocycles. The van der Waals surface area contributed by atoms with Gasteiger partial charge in [-0.05, 0) is 29.0 Å². The number of fused-ring (bicyclic) bond motifs is 2. The van der Waals surface area contributed by atoms with Crippen LogP contribution in [0.4, 0.5) is 5.69 Å². The molecule has 1 N–H and O–H groups in total. The Bertz CT molecular complexity index is 574. The zero-order valence-electron chi connectivity index (χ0n) is 8.64. The minimum atomic E-state index is -0.271. The number of benzene rings is 1. The van der Waals surface area contributed by atoms with Crippen molar-refractivity contribution in [2.45, 2.75) is 13.5 Å². The molecule has 1 aromatic carbocycles. The Morgan fingerprint density at radius 2 is 2.31 bits per heavy atom. The monoisotopic (exact) mass is 215 g/mol. The van der Waals surface area contributed by atoms with E-state index in [9.17, 15) is 4.79 Å². The van der Waals surface area contributed by atoms with Crippen LogP contribution < -0.4 is 5.32 Å². The van der Waals surface area contributed by atoms with Crippen molar-refractivity contribution in [1.82, 2.24) is 20.2 Å². The number of aryl methyl sites for hydroxylation is 1. The summed E-state index contributed by atoms with van der Waals surface area (Å²) in [6.07, 6.45) is 0. The van der Waals surface area contributed by atoms with Gasteiger partial charge in [0, 0.05) is 5.69 Å². The molecule has 0 unspecified atom stereocenters. The fourth-order valence-electron chi connectivity index (χ4n) is 1.79. The molecule has 1 amide bonds. The van der Waals surface area contributed by atoms with Crippen LogP contribution in [0.1, 0.15) is 21.7 Å². The number of nitrogens with zero attached hydrogens (tertiary/aromatic N) is 4. The Morgan fingerprint density at radius 1 is 1.44 bits per heavy atom. The number of nitrogens with one attached hydrogen (secondary N) is 1. The summed E-state index contributed by atoms with van der Waals surface area (Å²) in [6.45, 7) is 2.52. The van der Waals surface area contributed by atoms with Crippen LogP contribution in [0.5, 0.6) is 0 Å². The Morgan fingerprint density at radius 3 is 3.19 bits per heavy atom. The van der Waals surface area contributed by atoms with E-state index < -0.39 is 0 Å². The SMILES string of the molecule is Cc1ccc2c(c1)Cn1nnnc1C(=O)N2. The second kappa shape index (κ2) is 3.13. The number of carbonyl (C=O) groups excluding carboxylic acids is 1. The molecule has 3 rings (SSSR count). The van der Waals surface area contributed by atoms with Gasteiger partial charge >= 0.3 is 0 Å². The maximum absolute atomic E-state index is 11.7. The van der Waals surface area contributed by atoms with Gasteiger partial charge in [0.1, 0.15) is 0 Å². The van der Waals surface area contributed by atoms with Crippen LogP contribution in [0.2, 0.25) is 0 Å². The van der Waals surface area contributed by atoms with E-state index in [0.717, 1.165) is 16.8 Å². The van der Waals surface area contributed by atoms with Crippen molar-refractivity contribution in [3.05, 3.63) is 35.2 Å². The molecule has 80 valence electrons. The molecule has 6 nitrogen and oxygen atoms in total. The number of rotatable bonds is 0. The molecule has 0 aliphatic carbocycles. The molecule has 16 heavy (non-hydrogen) atoms. The number of amides is 1. The summed E-state index contributed by atoms with van der Waals surface area (Å²) in [5.74, 6) is -0.0264. The Kier molecular flexibility index (Phi) is 1.76. The van der Waals surface area contributed by atoms with Crippen LogP contribution in [0.25, 0.3) is 0 Å². The molecule has 0 atom stereocenters. The van der Waals surface area contributed by atoms with Crippen LogP contribution in [0, 0.1) is 6.92 Å². The van der Waals surface area contributed by atoms with Crippen LogP contribution in [0.3, 0.4) is 0 Å². The van der Waals surface area contributed by atoms with Gasteiger partial charge in [-0.2, -0.15) is 0 Å². The quantitative estimate of drug-likeness (QED) is 0.698. The largest absolute Gasteiger partial charge is 0.319 e. The van der Waals surface area contributed by atoms with E-state index in [4.69, 9.17) is 0 Å². The molecule has 1 aliphatic rings. The lowest BCUT2D eigenvalue weighted by molar-refractivity contribution is 0.101. The second-order valence-corrected chi connectivity index (χ2v) is 3.77. The average molecular weight is 215 g/mol. The summed E-state index contributed by atoms with van der Waals surface area (Å²) in [5.41, 5.74) is 2.96. The lowest BCUT2D eigenvalue weighted by Crippen LogP contribution is -2.15. The van der Waals surface area contributed by atoms with E-state index in [1.807, 2.05) is 25.1 Å². The highest BCUT2D eigenvalue weighted by Gasteiger charge is 2.21. The molecular weight excluding hydrogens is 206 g/mol. The fourth-order valence-corrected chi connectivity index (χ4v) is 1.79. The van der Waals surface area contributed by atoms with Crippen LogP contribution in [-0.4, -0.2) is 26.1 Å². The van der Waals surface area contributed by atoms with Crippen molar-refractivity contribution in [3.8, 4) is 0 Å². The van der Waals surface area contributed by atoms with Crippen molar-refractivity contribution in [2.24, 2.45) is 0 Å². The summed E-state index contributed by atoms with van der Waals surface area (Å²) in [5, 5.41) is 13.8. The molecule has 0 saturated heterocycles. The number of hydrogen-bond acceptors (Lipinski definition) is 4. The first-order valence-corrected chi connectivity index (χ1v) is 4.91. The van der Waals surface area contributed by atoms with Gasteiger partial charge in [0.15, 0.2) is 0 Å². The summed E-state index contributed by atoms with van der Waals surface area (Å²) in [7, 11) is 0. The van der Waals surface area contributed by atoms with E-state index >= 15 is 0 Å². The predicted octanol–water partition coefficient (Wildman–Crippen LogP) is 0.596. The van der Waals surface area contributed by atoms with Crippen molar-refractivity contribution in [1.29, 1.82) is 0 Å². The van der Waals surface area contributed by atoms with E-state index in [2.05, 4.69) is 20.8 Å². The third kappa shape index (κ3) is 1.27. The first kappa shape index (κ1) is 9.02. The van der Waals surface area contributed by atoms with Gasteiger partial charge in [0.05, 0.1) is 6.54 Å².